The largest absolute Gasteiger partial charge is 0.496 e. The number of hydrogen-bond acceptors (Lipinski definition) is 4. The standard InChI is InChI=1S/C16H27N3O/c1-4-15-12-19(8-7-18(15)2)11-14-9-13(10-17)5-6-16(14)20-3/h5-6,9,15H,4,7-8,10-12,17H2,1-3H3. The van der Waals surface area contributed by atoms with E-state index in [0.29, 0.717) is 12.6 Å². The zero-order valence-corrected chi connectivity index (χ0v) is 12.9. The van der Waals surface area contributed by atoms with Gasteiger partial charge in [-0.05, 0) is 31.2 Å². The maximum Gasteiger partial charge on any atom is 0.123 e. The van der Waals surface area contributed by atoms with Gasteiger partial charge in [-0.25, -0.2) is 0 Å². The van der Waals surface area contributed by atoms with Crippen molar-refractivity contribution in [1.82, 2.24) is 9.80 Å². The van der Waals surface area contributed by atoms with E-state index < -0.39 is 0 Å². The number of rotatable bonds is 5. The van der Waals surface area contributed by atoms with Gasteiger partial charge in [0.2, 0.25) is 0 Å². The van der Waals surface area contributed by atoms with Gasteiger partial charge >= 0.3 is 0 Å². The molecule has 112 valence electrons. The number of piperazine rings is 1. The van der Waals surface area contributed by atoms with Crippen LogP contribution in [0.1, 0.15) is 24.5 Å². The lowest BCUT2D eigenvalue weighted by Gasteiger charge is -2.39. The number of hydrogen-bond donors (Lipinski definition) is 1. The van der Waals surface area contributed by atoms with Gasteiger partial charge in [0.15, 0.2) is 0 Å². The maximum atomic E-state index is 5.74. The molecule has 1 aromatic rings. The highest BCUT2D eigenvalue weighted by molar-refractivity contribution is 5.37. The van der Waals surface area contributed by atoms with E-state index in [-0.39, 0.29) is 0 Å². The number of nitrogens with two attached hydrogens (primary N) is 1. The number of likely N-dealkylation sites (N-methyl/N-ethyl adjacent to an activating group) is 1. The van der Waals surface area contributed by atoms with Crippen molar-refractivity contribution >= 4 is 0 Å². The fourth-order valence-electron chi connectivity index (χ4n) is 2.92. The smallest absolute Gasteiger partial charge is 0.123 e. The minimum atomic E-state index is 0.581. The minimum Gasteiger partial charge on any atom is -0.496 e. The van der Waals surface area contributed by atoms with Gasteiger partial charge in [0, 0.05) is 44.3 Å². The molecule has 0 amide bonds. The average molecular weight is 277 g/mol. The minimum absolute atomic E-state index is 0.581. The molecule has 0 aromatic heterocycles. The van der Waals surface area contributed by atoms with Crippen LogP contribution in [-0.4, -0.2) is 49.6 Å². The van der Waals surface area contributed by atoms with Gasteiger partial charge in [-0.1, -0.05) is 13.0 Å². The molecule has 1 aliphatic heterocycles. The van der Waals surface area contributed by atoms with Gasteiger partial charge in [0.1, 0.15) is 5.75 Å². The second kappa shape index (κ2) is 7.07. The topological polar surface area (TPSA) is 41.7 Å². The molecule has 4 nitrogen and oxygen atoms in total. The first-order valence-corrected chi connectivity index (χ1v) is 7.46. The predicted molar refractivity (Wildman–Crippen MR) is 82.9 cm³/mol. The number of ether oxygens (including phenoxy) is 1. The summed E-state index contributed by atoms with van der Waals surface area (Å²) in [7, 11) is 3.96. The number of benzene rings is 1. The fourth-order valence-corrected chi connectivity index (χ4v) is 2.92. The fraction of sp³-hybridized carbons (Fsp3) is 0.625. The van der Waals surface area contributed by atoms with Crippen LogP contribution in [0.15, 0.2) is 18.2 Å². The van der Waals surface area contributed by atoms with Crippen molar-refractivity contribution in [2.45, 2.75) is 32.5 Å². The molecule has 0 radical (unpaired) electrons. The molecule has 1 atom stereocenters. The zero-order chi connectivity index (χ0) is 14.5. The molecular weight excluding hydrogens is 250 g/mol. The van der Waals surface area contributed by atoms with Crippen molar-refractivity contribution in [3.05, 3.63) is 29.3 Å². The van der Waals surface area contributed by atoms with Crippen LogP contribution in [0.2, 0.25) is 0 Å². The zero-order valence-electron chi connectivity index (χ0n) is 12.9. The SMILES string of the molecule is CCC1CN(Cc2cc(CN)ccc2OC)CCN1C. The van der Waals surface area contributed by atoms with Gasteiger partial charge in [-0.15, -0.1) is 0 Å². The Morgan fingerprint density at radius 1 is 1.35 bits per heavy atom. The second-order valence-electron chi connectivity index (χ2n) is 5.63. The molecule has 2 N–H and O–H groups in total. The Morgan fingerprint density at radius 2 is 2.15 bits per heavy atom. The van der Waals surface area contributed by atoms with Crippen molar-refractivity contribution in [2.24, 2.45) is 5.73 Å². The van der Waals surface area contributed by atoms with E-state index in [1.165, 1.54) is 17.5 Å². The Morgan fingerprint density at radius 3 is 2.80 bits per heavy atom. The molecule has 1 aliphatic rings. The molecule has 1 unspecified atom stereocenters. The van der Waals surface area contributed by atoms with Gasteiger partial charge in [-0.3, -0.25) is 4.90 Å². The molecule has 0 saturated carbocycles. The first-order chi connectivity index (χ1) is 9.67. The molecule has 0 bridgehead atoms. The van der Waals surface area contributed by atoms with Gasteiger partial charge < -0.3 is 15.4 Å². The normalized spacial score (nSPS) is 21.1. The van der Waals surface area contributed by atoms with E-state index in [0.717, 1.165) is 31.9 Å². The summed E-state index contributed by atoms with van der Waals surface area (Å²) in [5, 5.41) is 0. The summed E-state index contributed by atoms with van der Waals surface area (Å²) in [5.74, 6) is 0.967. The molecule has 20 heavy (non-hydrogen) atoms. The first-order valence-electron chi connectivity index (χ1n) is 7.46. The van der Waals surface area contributed by atoms with Crippen LogP contribution in [0.3, 0.4) is 0 Å². The Bertz CT molecular complexity index is 436. The summed E-state index contributed by atoms with van der Waals surface area (Å²) in [6, 6.07) is 6.91. The highest BCUT2D eigenvalue weighted by Gasteiger charge is 2.23. The van der Waals surface area contributed by atoms with E-state index in [1.807, 2.05) is 12.1 Å². The van der Waals surface area contributed by atoms with Crippen LogP contribution in [0.5, 0.6) is 5.75 Å². The number of methoxy groups -OCH3 is 1. The molecule has 1 fully saturated rings. The highest BCUT2D eigenvalue weighted by atomic mass is 16.5. The summed E-state index contributed by atoms with van der Waals surface area (Å²) in [4.78, 5) is 4.98. The third-order valence-corrected chi connectivity index (χ3v) is 4.31. The van der Waals surface area contributed by atoms with E-state index in [4.69, 9.17) is 10.5 Å². The third kappa shape index (κ3) is 3.51. The van der Waals surface area contributed by atoms with Crippen molar-refractivity contribution in [3.8, 4) is 5.75 Å². The lowest BCUT2D eigenvalue weighted by Crippen LogP contribution is -2.50. The summed E-state index contributed by atoms with van der Waals surface area (Å²) in [6.07, 6.45) is 1.20. The number of nitrogens with zero attached hydrogens (tertiary/aromatic N) is 2. The molecule has 0 spiro atoms. The second-order valence-corrected chi connectivity index (χ2v) is 5.63. The van der Waals surface area contributed by atoms with E-state index in [1.54, 1.807) is 7.11 Å². The van der Waals surface area contributed by atoms with Gasteiger partial charge in [-0.2, -0.15) is 0 Å². The van der Waals surface area contributed by atoms with Crippen molar-refractivity contribution in [3.63, 3.8) is 0 Å². The van der Waals surface area contributed by atoms with Crippen LogP contribution in [-0.2, 0) is 13.1 Å². The molecule has 4 heteroatoms. The summed E-state index contributed by atoms with van der Waals surface area (Å²) >= 11 is 0. The van der Waals surface area contributed by atoms with Gasteiger partial charge in [0.25, 0.3) is 0 Å². The monoisotopic (exact) mass is 277 g/mol. The first kappa shape index (κ1) is 15.3. The van der Waals surface area contributed by atoms with Crippen molar-refractivity contribution in [1.29, 1.82) is 0 Å². The third-order valence-electron chi connectivity index (χ3n) is 4.31. The van der Waals surface area contributed by atoms with Crippen LogP contribution >= 0.6 is 0 Å². The highest BCUT2D eigenvalue weighted by Crippen LogP contribution is 2.23. The van der Waals surface area contributed by atoms with E-state index in [9.17, 15) is 0 Å². The van der Waals surface area contributed by atoms with E-state index >= 15 is 0 Å². The lowest BCUT2D eigenvalue weighted by atomic mass is 10.1. The summed E-state index contributed by atoms with van der Waals surface area (Å²) in [5.41, 5.74) is 8.16. The van der Waals surface area contributed by atoms with Crippen molar-refractivity contribution < 1.29 is 4.74 Å². The molecular formula is C16H27N3O. The van der Waals surface area contributed by atoms with Crippen molar-refractivity contribution in [2.75, 3.05) is 33.8 Å². The Kier molecular flexibility index (Phi) is 5.40. The van der Waals surface area contributed by atoms with Crippen LogP contribution in [0.4, 0.5) is 0 Å². The maximum absolute atomic E-state index is 5.74. The molecule has 1 saturated heterocycles. The van der Waals surface area contributed by atoms with Gasteiger partial charge in [0.05, 0.1) is 7.11 Å². The Hall–Kier alpha value is -1.10. The average Bonchev–Trinajstić information content (AvgIpc) is 2.49. The van der Waals surface area contributed by atoms with Crippen LogP contribution < -0.4 is 10.5 Å². The molecule has 2 rings (SSSR count). The predicted octanol–water partition coefficient (Wildman–Crippen LogP) is 1.68. The molecule has 1 aromatic carbocycles. The molecule has 0 aliphatic carbocycles. The van der Waals surface area contributed by atoms with E-state index in [2.05, 4.69) is 29.8 Å². The van der Waals surface area contributed by atoms with Crippen LogP contribution in [0.25, 0.3) is 0 Å². The van der Waals surface area contributed by atoms with Crippen LogP contribution in [0, 0.1) is 0 Å². The Labute approximate surface area is 122 Å². The summed E-state index contributed by atoms with van der Waals surface area (Å²) in [6.45, 7) is 7.17. The Balaban J connectivity index is 2.09. The quantitative estimate of drug-likeness (QED) is 0.889. The lowest BCUT2D eigenvalue weighted by molar-refractivity contribution is 0.0878. The summed E-state index contributed by atoms with van der Waals surface area (Å²) < 4.78 is 5.48. The molecule has 1 heterocycles.